The first-order chi connectivity index (χ1) is 16.0. The highest BCUT2D eigenvalue weighted by Crippen LogP contribution is 2.29. The van der Waals surface area contributed by atoms with E-state index in [1.165, 1.54) is 0 Å². The maximum absolute atomic E-state index is 13.2. The number of hydrogen-bond acceptors (Lipinski definition) is 5. The van der Waals surface area contributed by atoms with Gasteiger partial charge in [0, 0.05) is 24.0 Å². The lowest BCUT2D eigenvalue weighted by Gasteiger charge is -2.10. The van der Waals surface area contributed by atoms with Crippen LogP contribution in [0, 0.1) is 0 Å². The Morgan fingerprint density at radius 2 is 1.88 bits per heavy atom. The van der Waals surface area contributed by atoms with E-state index in [-0.39, 0.29) is 11.7 Å². The van der Waals surface area contributed by atoms with E-state index in [1.807, 2.05) is 48.7 Å². The quantitative estimate of drug-likeness (QED) is 0.354. The van der Waals surface area contributed by atoms with Crippen molar-refractivity contribution in [3.63, 3.8) is 0 Å². The first-order valence-corrected chi connectivity index (χ1v) is 11.7. The van der Waals surface area contributed by atoms with Crippen LogP contribution in [0.3, 0.4) is 0 Å². The van der Waals surface area contributed by atoms with E-state index >= 15 is 0 Å². The lowest BCUT2D eigenvalue weighted by atomic mass is 10.00. The van der Waals surface area contributed by atoms with E-state index in [9.17, 15) is 4.79 Å². The third-order valence-electron chi connectivity index (χ3n) is 5.77. The summed E-state index contributed by atoms with van der Waals surface area (Å²) in [5.74, 6) is 0.565. The van der Waals surface area contributed by atoms with Gasteiger partial charge in [-0.2, -0.15) is 0 Å². The number of pyridine rings is 1. The van der Waals surface area contributed by atoms with Crippen molar-refractivity contribution in [3.05, 3.63) is 69.6 Å². The van der Waals surface area contributed by atoms with Gasteiger partial charge in [-0.1, -0.05) is 55.6 Å². The first-order valence-electron chi connectivity index (χ1n) is 11.3. The maximum Gasteiger partial charge on any atom is 0.330 e. The Bertz CT molecular complexity index is 1260. The number of imidazole rings is 1. The molecule has 4 rings (SSSR count). The molecule has 33 heavy (non-hydrogen) atoms. The van der Waals surface area contributed by atoms with Crippen molar-refractivity contribution in [3.8, 4) is 22.5 Å². The van der Waals surface area contributed by atoms with Gasteiger partial charge < -0.3 is 0 Å². The van der Waals surface area contributed by atoms with Crippen LogP contribution < -0.4 is 5.69 Å². The lowest BCUT2D eigenvalue weighted by molar-refractivity contribution is 0.560. The van der Waals surface area contributed by atoms with Crippen molar-refractivity contribution < 1.29 is 0 Å². The molecule has 0 spiro atoms. The summed E-state index contributed by atoms with van der Waals surface area (Å²) in [4.78, 5) is 17.4. The van der Waals surface area contributed by atoms with E-state index in [0.29, 0.717) is 17.5 Å². The number of benzene rings is 1. The molecular formula is C24H28ClN7O. The Kier molecular flexibility index (Phi) is 7.03. The largest absolute Gasteiger partial charge is 0.330 e. The SMILES string of the molecule is CCCCCc1c(Cl)n(C(C)C)c(=O)n1Cc1ccc(-c2ccncc2-c2nnn[nH]2)cc1. The number of aromatic nitrogens is 7. The Hall–Kier alpha value is -3.26. The molecule has 9 heteroatoms. The molecule has 0 atom stereocenters. The number of hydrogen-bond donors (Lipinski definition) is 1. The zero-order valence-corrected chi connectivity index (χ0v) is 19.9. The number of H-pyrrole nitrogens is 1. The molecule has 0 saturated heterocycles. The average molecular weight is 466 g/mol. The predicted octanol–water partition coefficient (Wildman–Crippen LogP) is 4.91. The van der Waals surface area contributed by atoms with E-state index < -0.39 is 0 Å². The van der Waals surface area contributed by atoms with Gasteiger partial charge in [-0.05, 0) is 59.9 Å². The van der Waals surface area contributed by atoms with Gasteiger partial charge in [-0.25, -0.2) is 9.89 Å². The third-order valence-corrected chi connectivity index (χ3v) is 6.17. The first kappa shape index (κ1) is 22.9. The van der Waals surface area contributed by atoms with Crippen molar-refractivity contribution in [1.29, 1.82) is 0 Å². The Morgan fingerprint density at radius 1 is 1.09 bits per heavy atom. The molecule has 4 aromatic rings. The second kappa shape index (κ2) is 10.1. The molecule has 0 aliphatic carbocycles. The fraction of sp³-hybridized carbons (Fsp3) is 0.375. The fourth-order valence-corrected chi connectivity index (χ4v) is 4.52. The number of unbranched alkanes of at least 4 members (excludes halogenated alkanes) is 2. The van der Waals surface area contributed by atoms with Crippen LogP contribution >= 0.6 is 11.6 Å². The monoisotopic (exact) mass is 465 g/mol. The molecule has 0 amide bonds. The van der Waals surface area contributed by atoms with Crippen LogP contribution in [-0.2, 0) is 13.0 Å². The minimum Gasteiger partial charge on any atom is -0.290 e. The summed E-state index contributed by atoms with van der Waals surface area (Å²) in [6.45, 7) is 6.62. The Balaban J connectivity index is 1.65. The van der Waals surface area contributed by atoms with Crippen molar-refractivity contribution in [2.45, 2.75) is 59.0 Å². The van der Waals surface area contributed by atoms with Gasteiger partial charge in [-0.15, -0.1) is 5.10 Å². The summed E-state index contributed by atoms with van der Waals surface area (Å²) in [5, 5.41) is 14.7. The predicted molar refractivity (Wildman–Crippen MR) is 129 cm³/mol. The second-order valence-electron chi connectivity index (χ2n) is 8.40. The summed E-state index contributed by atoms with van der Waals surface area (Å²) in [7, 11) is 0. The van der Waals surface area contributed by atoms with Crippen molar-refractivity contribution in [2.75, 3.05) is 0 Å². The number of aromatic amines is 1. The summed E-state index contributed by atoms with van der Waals surface area (Å²) < 4.78 is 3.51. The minimum atomic E-state index is -0.0557. The van der Waals surface area contributed by atoms with Gasteiger partial charge in [0.05, 0.1) is 12.2 Å². The molecule has 0 bridgehead atoms. The van der Waals surface area contributed by atoms with Gasteiger partial charge in [-0.3, -0.25) is 14.1 Å². The third kappa shape index (κ3) is 4.75. The molecule has 0 aliphatic rings. The molecule has 1 aromatic carbocycles. The summed E-state index contributed by atoms with van der Waals surface area (Å²) in [6, 6.07) is 10.1. The highest BCUT2D eigenvalue weighted by molar-refractivity contribution is 6.30. The molecular weight excluding hydrogens is 438 g/mol. The van der Waals surface area contributed by atoms with E-state index in [2.05, 4.69) is 32.5 Å². The number of tetrazole rings is 1. The van der Waals surface area contributed by atoms with Crippen LogP contribution in [0.4, 0.5) is 0 Å². The summed E-state index contributed by atoms with van der Waals surface area (Å²) in [5.41, 5.74) is 4.71. The summed E-state index contributed by atoms with van der Waals surface area (Å²) >= 11 is 6.66. The fourth-order valence-electron chi connectivity index (χ4n) is 4.05. The molecule has 0 fully saturated rings. The van der Waals surface area contributed by atoms with E-state index in [0.717, 1.165) is 53.6 Å². The second-order valence-corrected chi connectivity index (χ2v) is 8.75. The van der Waals surface area contributed by atoms with Crippen LogP contribution in [0.25, 0.3) is 22.5 Å². The smallest absolute Gasteiger partial charge is 0.290 e. The van der Waals surface area contributed by atoms with E-state index in [4.69, 9.17) is 11.6 Å². The highest BCUT2D eigenvalue weighted by atomic mass is 35.5. The summed E-state index contributed by atoms with van der Waals surface area (Å²) in [6.07, 6.45) is 7.53. The highest BCUT2D eigenvalue weighted by Gasteiger charge is 2.20. The van der Waals surface area contributed by atoms with Gasteiger partial charge in [0.2, 0.25) is 0 Å². The molecule has 3 heterocycles. The Labute approximate surface area is 197 Å². The normalized spacial score (nSPS) is 11.4. The topological polar surface area (TPSA) is 94.3 Å². The van der Waals surface area contributed by atoms with Crippen LogP contribution in [0.5, 0.6) is 0 Å². The zero-order valence-electron chi connectivity index (χ0n) is 19.1. The number of rotatable bonds is 9. The van der Waals surface area contributed by atoms with Gasteiger partial charge in [0.1, 0.15) is 5.15 Å². The molecule has 0 aliphatic heterocycles. The molecule has 172 valence electrons. The average Bonchev–Trinajstić information content (AvgIpc) is 3.43. The zero-order chi connectivity index (χ0) is 23.4. The molecule has 8 nitrogen and oxygen atoms in total. The molecule has 1 N–H and O–H groups in total. The van der Waals surface area contributed by atoms with Gasteiger partial charge in [0.15, 0.2) is 5.82 Å². The number of halogens is 1. The number of nitrogens with one attached hydrogen (secondary N) is 1. The molecule has 0 radical (unpaired) electrons. The maximum atomic E-state index is 13.2. The van der Waals surface area contributed by atoms with Crippen LogP contribution in [0.1, 0.15) is 57.3 Å². The molecule has 3 aromatic heterocycles. The Morgan fingerprint density at radius 3 is 2.55 bits per heavy atom. The van der Waals surface area contributed by atoms with Crippen molar-refractivity contribution in [2.24, 2.45) is 0 Å². The van der Waals surface area contributed by atoms with E-state index in [1.54, 1.807) is 17.0 Å². The lowest BCUT2D eigenvalue weighted by Crippen LogP contribution is -2.26. The minimum absolute atomic E-state index is 0.00856. The molecule has 0 saturated carbocycles. The standard InChI is InChI=1S/C24H28ClN7O/c1-4-5-6-7-21-22(25)32(16(2)3)24(33)31(21)15-17-8-10-18(11-9-17)19-12-13-26-14-20(19)23-27-29-30-28-23/h8-14,16H,4-7,15H2,1-3H3,(H,27,28,29,30). The molecule has 0 unspecified atom stereocenters. The van der Waals surface area contributed by atoms with Gasteiger partial charge >= 0.3 is 5.69 Å². The van der Waals surface area contributed by atoms with Crippen molar-refractivity contribution in [1.82, 2.24) is 34.7 Å². The van der Waals surface area contributed by atoms with Crippen LogP contribution in [0.2, 0.25) is 5.15 Å². The van der Waals surface area contributed by atoms with Crippen LogP contribution in [-0.4, -0.2) is 34.7 Å². The van der Waals surface area contributed by atoms with Crippen LogP contribution in [0.15, 0.2) is 47.5 Å². The number of nitrogens with zero attached hydrogens (tertiary/aromatic N) is 6. The van der Waals surface area contributed by atoms with Gasteiger partial charge in [0.25, 0.3) is 0 Å². The van der Waals surface area contributed by atoms with Crippen molar-refractivity contribution >= 4 is 11.6 Å².